The average Bonchev–Trinajstić information content (AvgIpc) is 3.05. The number of benzene rings is 3. The number of fused-ring (bicyclic) bond motifs is 4. The van der Waals surface area contributed by atoms with Gasteiger partial charge in [-0.05, 0) is 40.5 Å². The van der Waals surface area contributed by atoms with Crippen molar-refractivity contribution in [2.75, 3.05) is 0 Å². The lowest BCUT2D eigenvalue weighted by Crippen LogP contribution is -2.16. The van der Waals surface area contributed by atoms with Gasteiger partial charge in [-0.3, -0.25) is 4.98 Å². The molecular weight excluding hydrogens is 376 g/mol. The predicted molar refractivity (Wildman–Crippen MR) is 128 cm³/mol. The molecule has 2 heteroatoms. The third-order valence-corrected chi connectivity index (χ3v) is 6.51. The van der Waals surface area contributed by atoms with Crippen LogP contribution < -0.4 is 0 Å². The van der Waals surface area contributed by atoms with Crippen molar-refractivity contribution in [1.29, 1.82) is 0 Å². The summed E-state index contributed by atoms with van der Waals surface area (Å²) in [7, 11) is 0. The van der Waals surface area contributed by atoms with Gasteiger partial charge in [0.1, 0.15) is 0 Å². The van der Waals surface area contributed by atoms with Crippen LogP contribution in [0, 0.1) is 0 Å². The lowest BCUT2D eigenvalue weighted by atomic mass is 9.78. The fourth-order valence-corrected chi connectivity index (χ4v) is 5.03. The molecule has 6 rings (SSSR count). The fraction of sp³-hybridized carbons (Fsp3) is 0.103. The number of pyridine rings is 2. The van der Waals surface area contributed by atoms with Gasteiger partial charge in [0.05, 0.1) is 16.9 Å². The molecule has 1 aliphatic rings. The van der Waals surface area contributed by atoms with Crippen molar-refractivity contribution < 1.29 is 0 Å². The quantitative estimate of drug-likeness (QED) is 0.312. The van der Waals surface area contributed by atoms with E-state index in [2.05, 4.69) is 91.6 Å². The van der Waals surface area contributed by atoms with E-state index in [1.165, 1.54) is 33.2 Å². The molecule has 31 heavy (non-hydrogen) atoms. The minimum absolute atomic E-state index is 0.113. The molecule has 5 aromatic rings. The topological polar surface area (TPSA) is 25.8 Å². The van der Waals surface area contributed by atoms with E-state index in [0.717, 1.165) is 22.5 Å². The molecule has 0 unspecified atom stereocenters. The normalized spacial score (nSPS) is 13.7. The number of nitrogens with zero attached hydrogens (tertiary/aromatic N) is 2. The average molecular weight is 399 g/mol. The first-order valence-corrected chi connectivity index (χ1v) is 10.7. The number of rotatable bonds is 2. The van der Waals surface area contributed by atoms with E-state index in [0.29, 0.717) is 0 Å². The maximum absolute atomic E-state index is 5.13. The molecule has 0 atom stereocenters. The summed E-state index contributed by atoms with van der Waals surface area (Å²) in [5.74, 6) is 0. The largest absolute Gasteiger partial charge is 0.256 e. The highest BCUT2D eigenvalue weighted by atomic mass is 14.7. The maximum Gasteiger partial charge on any atom is 0.0759 e. The van der Waals surface area contributed by atoms with Gasteiger partial charge < -0.3 is 0 Å². The van der Waals surface area contributed by atoms with E-state index in [1.54, 1.807) is 0 Å². The summed E-state index contributed by atoms with van der Waals surface area (Å²) in [6.07, 6.45) is 1.84. The van der Waals surface area contributed by atoms with Crippen LogP contribution in [0.15, 0.2) is 97.2 Å². The lowest BCUT2D eigenvalue weighted by molar-refractivity contribution is 0.662. The molecule has 0 amide bonds. The van der Waals surface area contributed by atoms with Gasteiger partial charge in [-0.2, -0.15) is 0 Å². The molecule has 0 bridgehead atoms. The molecule has 2 heterocycles. The van der Waals surface area contributed by atoms with Crippen molar-refractivity contribution in [3.05, 3.63) is 108 Å². The molecular formula is C29H22N2. The molecule has 2 nitrogen and oxygen atoms in total. The van der Waals surface area contributed by atoms with Crippen molar-refractivity contribution >= 4 is 10.9 Å². The van der Waals surface area contributed by atoms with Gasteiger partial charge in [-0.15, -0.1) is 0 Å². The molecule has 0 aliphatic heterocycles. The second-order valence-electron chi connectivity index (χ2n) is 8.69. The molecule has 148 valence electrons. The number of hydrogen-bond acceptors (Lipinski definition) is 2. The van der Waals surface area contributed by atoms with Gasteiger partial charge in [0, 0.05) is 28.1 Å². The molecule has 2 aromatic heterocycles. The van der Waals surface area contributed by atoms with Crippen LogP contribution in [0.4, 0.5) is 0 Å². The summed E-state index contributed by atoms with van der Waals surface area (Å²) in [6, 6.07) is 32.0. The zero-order valence-corrected chi connectivity index (χ0v) is 17.6. The third kappa shape index (κ3) is 2.65. The van der Waals surface area contributed by atoms with Gasteiger partial charge in [0.25, 0.3) is 0 Å². The Bertz CT molecular complexity index is 1430. The molecule has 0 spiro atoms. The summed E-state index contributed by atoms with van der Waals surface area (Å²) in [5, 5.41) is 1.20. The number of hydrogen-bond donors (Lipinski definition) is 0. The Kier molecular flexibility index (Phi) is 3.85. The van der Waals surface area contributed by atoms with Gasteiger partial charge >= 0.3 is 0 Å². The Hall–Kier alpha value is -3.78. The van der Waals surface area contributed by atoms with Crippen molar-refractivity contribution in [2.45, 2.75) is 19.3 Å². The molecule has 0 saturated heterocycles. The van der Waals surface area contributed by atoms with E-state index in [1.807, 2.05) is 24.4 Å². The summed E-state index contributed by atoms with van der Waals surface area (Å²) in [5.41, 5.74) is 10.6. The highest BCUT2D eigenvalue weighted by molar-refractivity contribution is 6.02. The molecule has 3 aromatic carbocycles. The summed E-state index contributed by atoms with van der Waals surface area (Å²) in [4.78, 5) is 9.63. The Morgan fingerprint density at radius 3 is 2.19 bits per heavy atom. The highest BCUT2D eigenvalue weighted by Crippen LogP contribution is 2.53. The van der Waals surface area contributed by atoms with Gasteiger partial charge in [-0.25, -0.2) is 4.98 Å². The molecule has 0 N–H and O–H groups in total. The van der Waals surface area contributed by atoms with Crippen LogP contribution >= 0.6 is 0 Å². The van der Waals surface area contributed by atoms with Crippen molar-refractivity contribution in [2.24, 2.45) is 0 Å². The first-order chi connectivity index (χ1) is 15.1. The van der Waals surface area contributed by atoms with Crippen LogP contribution in [-0.4, -0.2) is 9.97 Å². The smallest absolute Gasteiger partial charge is 0.0759 e. The first-order valence-electron chi connectivity index (χ1n) is 10.7. The summed E-state index contributed by atoms with van der Waals surface area (Å²) >= 11 is 0. The van der Waals surface area contributed by atoms with E-state index in [4.69, 9.17) is 4.98 Å². The first kappa shape index (κ1) is 18.0. The number of aromatic nitrogens is 2. The van der Waals surface area contributed by atoms with Gasteiger partial charge in [-0.1, -0.05) is 86.6 Å². The van der Waals surface area contributed by atoms with Crippen LogP contribution in [0.1, 0.15) is 25.0 Å². The van der Waals surface area contributed by atoms with E-state index in [9.17, 15) is 0 Å². The Morgan fingerprint density at radius 1 is 0.677 bits per heavy atom. The highest BCUT2D eigenvalue weighted by Gasteiger charge is 2.39. The van der Waals surface area contributed by atoms with Crippen LogP contribution in [0.2, 0.25) is 0 Å². The standard InChI is InChI=1S/C29H22N2/c1-29(2)23-11-5-3-9-21(23)28-27(29)26(22-10-4-6-13-25(22)31-28)20-16-14-19(15-17-20)24-12-7-8-18-30-24/h3-18H,1-2H3. The second-order valence-corrected chi connectivity index (χ2v) is 8.69. The van der Waals surface area contributed by atoms with E-state index in [-0.39, 0.29) is 5.41 Å². The van der Waals surface area contributed by atoms with Gasteiger partial charge in [0.2, 0.25) is 0 Å². The second kappa shape index (κ2) is 6.61. The zero-order chi connectivity index (χ0) is 21.0. The molecule has 1 aliphatic carbocycles. The summed E-state index contributed by atoms with van der Waals surface area (Å²) < 4.78 is 0. The van der Waals surface area contributed by atoms with E-state index >= 15 is 0 Å². The Balaban J connectivity index is 1.64. The monoisotopic (exact) mass is 398 g/mol. The Labute approximate surface area is 182 Å². The molecule has 0 saturated carbocycles. The zero-order valence-electron chi connectivity index (χ0n) is 17.6. The van der Waals surface area contributed by atoms with Crippen molar-refractivity contribution in [3.63, 3.8) is 0 Å². The van der Waals surface area contributed by atoms with Crippen LogP contribution in [0.5, 0.6) is 0 Å². The molecule has 0 fully saturated rings. The Morgan fingerprint density at radius 2 is 1.39 bits per heavy atom. The summed E-state index contributed by atoms with van der Waals surface area (Å²) in [6.45, 7) is 4.64. The fourth-order valence-electron chi connectivity index (χ4n) is 5.03. The van der Waals surface area contributed by atoms with Crippen LogP contribution in [0.3, 0.4) is 0 Å². The predicted octanol–water partition coefficient (Wildman–Crippen LogP) is 7.27. The maximum atomic E-state index is 5.13. The van der Waals surface area contributed by atoms with Crippen LogP contribution in [-0.2, 0) is 5.41 Å². The minimum Gasteiger partial charge on any atom is -0.256 e. The SMILES string of the molecule is CC1(C)c2ccccc2-c2nc3ccccc3c(-c3ccc(-c4ccccn4)cc3)c21. The van der Waals surface area contributed by atoms with Crippen molar-refractivity contribution in [1.82, 2.24) is 9.97 Å². The number of para-hydroxylation sites is 1. The van der Waals surface area contributed by atoms with E-state index < -0.39 is 0 Å². The molecule has 0 radical (unpaired) electrons. The lowest BCUT2D eigenvalue weighted by Gasteiger charge is -2.25. The van der Waals surface area contributed by atoms with Crippen molar-refractivity contribution in [3.8, 4) is 33.6 Å². The van der Waals surface area contributed by atoms with Gasteiger partial charge in [0.15, 0.2) is 0 Å². The third-order valence-electron chi connectivity index (χ3n) is 6.51. The van der Waals surface area contributed by atoms with Crippen LogP contribution in [0.25, 0.3) is 44.5 Å². The minimum atomic E-state index is -0.113.